The Morgan fingerprint density at radius 2 is 1.82 bits per heavy atom. The second kappa shape index (κ2) is 11.0. The Balaban J connectivity index is 1.33. The van der Waals surface area contributed by atoms with Crippen molar-refractivity contribution in [2.45, 2.75) is 19.5 Å². The Hall–Kier alpha value is -4.92. The van der Waals surface area contributed by atoms with E-state index >= 15 is 0 Å². The Morgan fingerprint density at radius 1 is 1.00 bits per heavy atom. The molecule has 192 valence electrons. The van der Waals surface area contributed by atoms with Crippen molar-refractivity contribution in [2.24, 2.45) is 0 Å². The number of nitrogens with one attached hydrogen (secondary N) is 4. The fourth-order valence-electron chi connectivity index (χ4n) is 4.08. The number of amides is 1. The fourth-order valence-corrected chi connectivity index (χ4v) is 4.08. The van der Waals surface area contributed by atoms with Gasteiger partial charge in [-0.3, -0.25) is 4.79 Å². The number of hydrogen-bond acceptors (Lipinski definition) is 5. The van der Waals surface area contributed by atoms with Crippen LogP contribution in [0.1, 0.15) is 33.1 Å². The van der Waals surface area contributed by atoms with Crippen LogP contribution in [0.2, 0.25) is 0 Å². The first kappa shape index (κ1) is 24.8. The van der Waals surface area contributed by atoms with E-state index in [0.717, 1.165) is 5.56 Å². The molecule has 0 unspecified atom stereocenters. The third-order valence-corrected chi connectivity index (χ3v) is 6.16. The number of nitrogens with zero attached hydrogens (tertiary/aromatic N) is 1. The summed E-state index contributed by atoms with van der Waals surface area (Å²) in [4.78, 5) is 34.5. The molecule has 5 aromatic rings. The number of benzene rings is 3. The first-order valence-electron chi connectivity index (χ1n) is 12.1. The molecule has 0 spiro atoms. The van der Waals surface area contributed by atoms with Crippen molar-refractivity contribution >= 4 is 22.8 Å². The molecule has 0 saturated heterocycles. The molecule has 0 aliphatic heterocycles. The third-order valence-electron chi connectivity index (χ3n) is 6.16. The minimum Gasteiger partial charge on any atom is -0.491 e. The first-order valence-corrected chi connectivity index (χ1v) is 12.1. The van der Waals surface area contributed by atoms with Crippen molar-refractivity contribution in [1.82, 2.24) is 20.3 Å². The number of aromatic nitrogens is 3. The number of aryl methyl sites for hydroxylation is 1. The number of fused-ring (bicyclic) bond motifs is 1. The van der Waals surface area contributed by atoms with Gasteiger partial charge >= 0.3 is 5.69 Å². The summed E-state index contributed by atoms with van der Waals surface area (Å²) in [5, 5.41) is 6.19. The molecule has 0 saturated carbocycles. The number of pyridine rings is 1. The minimum atomic E-state index is -0.343. The predicted octanol–water partition coefficient (Wildman–Crippen LogP) is 4.86. The number of rotatable bonds is 9. The quantitative estimate of drug-likeness (QED) is 0.226. The molecule has 38 heavy (non-hydrogen) atoms. The van der Waals surface area contributed by atoms with E-state index < -0.39 is 0 Å². The molecule has 5 rings (SSSR count). The van der Waals surface area contributed by atoms with Crippen molar-refractivity contribution < 1.29 is 13.9 Å². The maximum absolute atomic E-state index is 13.9. The van der Waals surface area contributed by atoms with E-state index in [4.69, 9.17) is 4.74 Å². The zero-order valence-electron chi connectivity index (χ0n) is 20.6. The zero-order valence-corrected chi connectivity index (χ0v) is 20.6. The van der Waals surface area contributed by atoms with E-state index in [1.165, 1.54) is 6.07 Å². The maximum Gasteiger partial charge on any atom is 0.323 e. The van der Waals surface area contributed by atoms with E-state index in [-0.39, 0.29) is 36.6 Å². The first-order chi connectivity index (χ1) is 18.5. The molecule has 4 N–H and O–H groups in total. The lowest BCUT2D eigenvalue weighted by atomic mass is 10.1. The smallest absolute Gasteiger partial charge is 0.323 e. The fraction of sp³-hybridized carbons (Fsp3) is 0.138. The van der Waals surface area contributed by atoms with E-state index in [9.17, 15) is 14.0 Å². The van der Waals surface area contributed by atoms with Crippen LogP contribution in [-0.4, -0.2) is 27.5 Å². The molecular weight excluding hydrogens is 485 g/mol. The molecule has 8 nitrogen and oxygen atoms in total. The number of anilines is 1. The molecule has 9 heteroatoms. The summed E-state index contributed by atoms with van der Waals surface area (Å²) in [5.74, 6) is 0.326. The summed E-state index contributed by atoms with van der Waals surface area (Å²) < 4.78 is 20.0. The van der Waals surface area contributed by atoms with E-state index in [1.54, 1.807) is 55.6 Å². The third kappa shape index (κ3) is 5.73. The molecule has 2 aromatic heterocycles. The molecule has 0 aliphatic rings. The van der Waals surface area contributed by atoms with Crippen LogP contribution in [0.4, 0.5) is 10.2 Å². The maximum atomic E-state index is 13.9. The number of halogens is 1. The molecular formula is C29H26FN5O3. The van der Waals surface area contributed by atoms with Gasteiger partial charge in [0.2, 0.25) is 0 Å². The van der Waals surface area contributed by atoms with Crippen LogP contribution < -0.4 is 21.1 Å². The summed E-state index contributed by atoms with van der Waals surface area (Å²) in [6, 6.07) is 22.9. The lowest BCUT2D eigenvalue weighted by molar-refractivity contribution is 0.0951. The second-order valence-electron chi connectivity index (χ2n) is 8.87. The van der Waals surface area contributed by atoms with Crippen LogP contribution in [0.25, 0.3) is 11.0 Å². The number of carbonyl (C=O) groups excluding carboxylic acids is 1. The molecule has 0 radical (unpaired) electrons. The van der Waals surface area contributed by atoms with Gasteiger partial charge in [0.1, 0.15) is 24.0 Å². The number of imidazole rings is 1. The van der Waals surface area contributed by atoms with Gasteiger partial charge in [-0.2, -0.15) is 0 Å². The van der Waals surface area contributed by atoms with Gasteiger partial charge in [0.25, 0.3) is 5.91 Å². The Labute approximate surface area is 217 Å². The van der Waals surface area contributed by atoms with Crippen LogP contribution in [0.3, 0.4) is 0 Å². The van der Waals surface area contributed by atoms with E-state index in [1.807, 2.05) is 30.3 Å². The summed E-state index contributed by atoms with van der Waals surface area (Å²) in [6.07, 6.45) is 1.60. The van der Waals surface area contributed by atoms with Gasteiger partial charge < -0.3 is 25.3 Å². The van der Waals surface area contributed by atoms with E-state index in [0.29, 0.717) is 39.3 Å². The van der Waals surface area contributed by atoms with Gasteiger partial charge in [0, 0.05) is 18.8 Å². The van der Waals surface area contributed by atoms with Gasteiger partial charge in [-0.15, -0.1) is 0 Å². The topological polar surface area (TPSA) is 112 Å². The van der Waals surface area contributed by atoms with Crippen LogP contribution in [0.15, 0.2) is 89.9 Å². The van der Waals surface area contributed by atoms with Gasteiger partial charge in [-0.1, -0.05) is 42.5 Å². The average molecular weight is 512 g/mol. The average Bonchev–Trinajstić information content (AvgIpc) is 3.31. The molecule has 1 amide bonds. The number of carbonyl (C=O) groups is 1. The molecule has 2 heterocycles. The summed E-state index contributed by atoms with van der Waals surface area (Å²) in [6.45, 7) is 2.10. The van der Waals surface area contributed by atoms with Crippen molar-refractivity contribution in [3.8, 4) is 5.75 Å². The van der Waals surface area contributed by atoms with E-state index in [2.05, 4.69) is 25.6 Å². The molecule has 3 aromatic carbocycles. The molecule has 0 fully saturated rings. The van der Waals surface area contributed by atoms with Gasteiger partial charge in [-0.25, -0.2) is 14.2 Å². The largest absolute Gasteiger partial charge is 0.491 e. The highest BCUT2D eigenvalue weighted by Gasteiger charge is 2.18. The minimum absolute atomic E-state index is 0.180. The van der Waals surface area contributed by atoms with Gasteiger partial charge in [-0.05, 0) is 53.9 Å². The lowest BCUT2D eigenvalue weighted by Gasteiger charge is -2.22. The van der Waals surface area contributed by atoms with Crippen molar-refractivity contribution in [2.75, 3.05) is 11.9 Å². The Bertz CT molecular complexity index is 1630. The Kier molecular flexibility index (Phi) is 7.17. The normalized spacial score (nSPS) is 11.7. The molecule has 1 atom stereocenters. The number of ether oxygens (including phenoxy) is 1. The van der Waals surface area contributed by atoms with Crippen LogP contribution in [0, 0.1) is 12.7 Å². The highest BCUT2D eigenvalue weighted by molar-refractivity contribution is 5.98. The van der Waals surface area contributed by atoms with Crippen LogP contribution in [-0.2, 0) is 6.54 Å². The summed E-state index contributed by atoms with van der Waals surface area (Å²) >= 11 is 0. The lowest BCUT2D eigenvalue weighted by Crippen LogP contribution is -2.26. The summed E-state index contributed by atoms with van der Waals surface area (Å²) in [7, 11) is 0. The highest BCUT2D eigenvalue weighted by atomic mass is 19.1. The van der Waals surface area contributed by atoms with Crippen molar-refractivity contribution in [3.63, 3.8) is 0 Å². The highest BCUT2D eigenvalue weighted by Crippen LogP contribution is 2.24. The molecule has 0 aliphatic carbocycles. The predicted molar refractivity (Wildman–Crippen MR) is 144 cm³/mol. The molecule has 0 bridgehead atoms. The number of hydrogen-bond donors (Lipinski definition) is 4. The van der Waals surface area contributed by atoms with Gasteiger partial charge in [0.05, 0.1) is 22.6 Å². The summed E-state index contributed by atoms with van der Waals surface area (Å²) in [5.41, 5.74) is 3.56. The van der Waals surface area contributed by atoms with Gasteiger partial charge in [0.15, 0.2) is 0 Å². The standard InChI is InChI=1S/C29H26FN5O3/c1-18-9-10-19(14-23(18)30)16-32-28(36)22-8-5-13-31-27(22)33-26(20-6-3-2-4-7-20)17-38-21-11-12-24-25(15-21)35-29(37)34-24/h2-15,26H,16-17H2,1H3,(H,31,33)(H,32,36)(H2,34,35,37)/t26-/m0/s1. The Morgan fingerprint density at radius 3 is 2.63 bits per heavy atom. The van der Waals surface area contributed by atoms with Crippen molar-refractivity contribution in [1.29, 1.82) is 0 Å². The number of H-pyrrole nitrogens is 2. The van der Waals surface area contributed by atoms with Crippen LogP contribution in [0.5, 0.6) is 5.75 Å². The number of aromatic amines is 2. The van der Waals surface area contributed by atoms with Crippen LogP contribution >= 0.6 is 0 Å². The van der Waals surface area contributed by atoms with Crippen molar-refractivity contribution in [3.05, 3.63) is 124 Å². The zero-order chi connectivity index (χ0) is 26.5. The SMILES string of the molecule is Cc1ccc(CNC(=O)c2cccnc2N[C@@H](COc2ccc3[nH]c(=O)[nH]c3c2)c2ccccc2)cc1F. The monoisotopic (exact) mass is 511 g/mol. The second-order valence-corrected chi connectivity index (χ2v) is 8.87.